The molecule has 1 saturated heterocycles. The van der Waals surface area contributed by atoms with Crippen LogP contribution in [0.25, 0.3) is 0 Å². The fourth-order valence-electron chi connectivity index (χ4n) is 2.39. The maximum absolute atomic E-state index is 12.0. The van der Waals surface area contributed by atoms with Crippen molar-refractivity contribution in [1.82, 2.24) is 10.2 Å². The zero-order valence-electron chi connectivity index (χ0n) is 10.9. The van der Waals surface area contributed by atoms with Gasteiger partial charge in [-0.05, 0) is 12.0 Å². The first-order valence-electron chi connectivity index (χ1n) is 6.43. The lowest BCUT2D eigenvalue weighted by atomic mass is 10.00. The largest absolute Gasteiger partial charge is 0.394 e. The Balaban J connectivity index is 2.22. The predicted molar refractivity (Wildman–Crippen MR) is 70.1 cm³/mol. The number of hydrogen-bond donors (Lipinski definition) is 2. The first-order valence-corrected chi connectivity index (χ1v) is 6.43. The Bertz CT molecular complexity index is 461. The molecule has 1 heterocycles. The van der Waals surface area contributed by atoms with Gasteiger partial charge in [0.2, 0.25) is 0 Å². The van der Waals surface area contributed by atoms with Crippen molar-refractivity contribution in [3.8, 4) is 0 Å². The van der Waals surface area contributed by atoms with Gasteiger partial charge in [0.15, 0.2) is 0 Å². The molecule has 5 heteroatoms. The van der Waals surface area contributed by atoms with Gasteiger partial charge in [-0.3, -0.25) is 9.59 Å². The summed E-state index contributed by atoms with van der Waals surface area (Å²) in [6.07, 6.45) is 0.676. The summed E-state index contributed by atoms with van der Waals surface area (Å²) < 4.78 is 0. The van der Waals surface area contributed by atoms with Crippen LogP contribution in [-0.2, 0) is 16.1 Å². The number of nitrogens with zero attached hydrogens (tertiary/aromatic N) is 1. The molecule has 1 aromatic carbocycles. The van der Waals surface area contributed by atoms with Crippen molar-refractivity contribution in [3.63, 3.8) is 0 Å². The van der Waals surface area contributed by atoms with E-state index in [0.29, 0.717) is 13.0 Å². The number of piperazine rings is 1. The molecular formula is C14H18N2O3. The van der Waals surface area contributed by atoms with E-state index in [0.717, 1.165) is 5.56 Å². The molecule has 1 aliphatic rings. The molecule has 1 aromatic rings. The number of amides is 2. The summed E-state index contributed by atoms with van der Waals surface area (Å²) in [4.78, 5) is 25.1. The second-order valence-electron chi connectivity index (χ2n) is 4.66. The summed E-state index contributed by atoms with van der Waals surface area (Å²) in [5, 5.41) is 12.1. The third kappa shape index (κ3) is 2.76. The highest BCUT2D eigenvalue weighted by atomic mass is 16.3. The second kappa shape index (κ2) is 5.84. The summed E-state index contributed by atoms with van der Waals surface area (Å²) in [5.74, 6) is -1.17. The highest BCUT2D eigenvalue weighted by molar-refractivity contribution is 6.35. The molecule has 19 heavy (non-hydrogen) atoms. The highest BCUT2D eigenvalue weighted by Crippen LogP contribution is 2.17. The van der Waals surface area contributed by atoms with Crippen molar-refractivity contribution in [2.75, 3.05) is 6.61 Å². The monoisotopic (exact) mass is 262 g/mol. The molecular weight excluding hydrogens is 244 g/mol. The molecule has 1 unspecified atom stereocenters. The van der Waals surface area contributed by atoms with Gasteiger partial charge in [-0.15, -0.1) is 0 Å². The third-order valence-corrected chi connectivity index (χ3v) is 3.46. The van der Waals surface area contributed by atoms with Crippen LogP contribution < -0.4 is 5.32 Å². The fourth-order valence-corrected chi connectivity index (χ4v) is 2.39. The summed E-state index contributed by atoms with van der Waals surface area (Å²) in [6.45, 7) is 2.11. The van der Waals surface area contributed by atoms with E-state index in [1.54, 1.807) is 0 Å². The first-order chi connectivity index (χ1) is 9.17. The number of benzene rings is 1. The zero-order chi connectivity index (χ0) is 13.8. The maximum atomic E-state index is 12.0. The van der Waals surface area contributed by atoms with Gasteiger partial charge in [-0.25, -0.2) is 0 Å². The summed E-state index contributed by atoms with van der Waals surface area (Å²) in [6, 6.07) is 8.90. The zero-order valence-corrected chi connectivity index (χ0v) is 10.9. The molecule has 102 valence electrons. The van der Waals surface area contributed by atoms with Crippen LogP contribution >= 0.6 is 0 Å². The van der Waals surface area contributed by atoms with Gasteiger partial charge in [-0.2, -0.15) is 0 Å². The third-order valence-electron chi connectivity index (χ3n) is 3.46. The number of rotatable bonds is 4. The topological polar surface area (TPSA) is 69.6 Å². The lowest BCUT2D eigenvalue weighted by Gasteiger charge is -2.39. The van der Waals surface area contributed by atoms with E-state index in [9.17, 15) is 14.7 Å². The number of carbonyl (C=O) groups excluding carboxylic acids is 2. The molecule has 0 aliphatic carbocycles. The molecule has 0 radical (unpaired) electrons. The molecule has 0 spiro atoms. The molecule has 0 saturated carbocycles. The predicted octanol–water partition coefficient (Wildman–Crippen LogP) is 0.284. The molecule has 0 bridgehead atoms. The molecule has 2 N–H and O–H groups in total. The molecule has 2 amide bonds. The van der Waals surface area contributed by atoms with Gasteiger partial charge in [-0.1, -0.05) is 37.3 Å². The highest BCUT2D eigenvalue weighted by Gasteiger charge is 2.39. The van der Waals surface area contributed by atoms with Crippen LogP contribution in [0.4, 0.5) is 0 Å². The van der Waals surface area contributed by atoms with Gasteiger partial charge in [0.1, 0.15) is 0 Å². The minimum atomic E-state index is -0.590. The smallest absolute Gasteiger partial charge is 0.312 e. The molecule has 1 aliphatic heterocycles. The minimum Gasteiger partial charge on any atom is -0.394 e. The van der Waals surface area contributed by atoms with Crippen LogP contribution in [0.1, 0.15) is 18.9 Å². The minimum absolute atomic E-state index is 0.155. The Morgan fingerprint density at radius 1 is 1.26 bits per heavy atom. The number of hydrogen-bond acceptors (Lipinski definition) is 3. The second-order valence-corrected chi connectivity index (χ2v) is 4.66. The molecule has 5 nitrogen and oxygen atoms in total. The Labute approximate surface area is 112 Å². The standard InChI is InChI=1S/C14H18N2O3/c1-2-11-12(9-17)16(14(19)13(18)15-11)8-10-6-4-3-5-7-10/h3-7,11-12,17H,2,8-9H2,1H3,(H,15,18)/t11-,12?/m0/s1. The van der Waals surface area contributed by atoms with Crippen LogP contribution in [0, 0.1) is 0 Å². The van der Waals surface area contributed by atoms with Gasteiger partial charge in [0.25, 0.3) is 0 Å². The van der Waals surface area contributed by atoms with Crippen molar-refractivity contribution in [2.45, 2.75) is 32.0 Å². The first kappa shape index (κ1) is 13.5. The fraction of sp³-hybridized carbons (Fsp3) is 0.429. The summed E-state index contributed by atoms with van der Waals surface area (Å²) >= 11 is 0. The van der Waals surface area contributed by atoms with Gasteiger partial charge in [0.05, 0.1) is 18.7 Å². The van der Waals surface area contributed by atoms with E-state index in [1.165, 1.54) is 4.90 Å². The van der Waals surface area contributed by atoms with E-state index >= 15 is 0 Å². The maximum Gasteiger partial charge on any atom is 0.312 e. The summed E-state index contributed by atoms with van der Waals surface area (Å²) in [5.41, 5.74) is 0.943. The molecule has 2 rings (SSSR count). The lowest BCUT2D eigenvalue weighted by molar-refractivity contribution is -0.154. The molecule has 1 fully saturated rings. The number of aliphatic hydroxyl groups excluding tert-OH is 1. The van der Waals surface area contributed by atoms with Crippen LogP contribution in [-0.4, -0.2) is 40.5 Å². The average molecular weight is 262 g/mol. The van der Waals surface area contributed by atoms with Crippen molar-refractivity contribution in [2.24, 2.45) is 0 Å². The Hall–Kier alpha value is -1.88. The van der Waals surface area contributed by atoms with E-state index in [1.807, 2.05) is 37.3 Å². The number of nitrogens with one attached hydrogen (secondary N) is 1. The van der Waals surface area contributed by atoms with Gasteiger partial charge < -0.3 is 15.3 Å². The molecule has 0 aromatic heterocycles. The van der Waals surface area contributed by atoms with Gasteiger partial charge in [0, 0.05) is 6.54 Å². The van der Waals surface area contributed by atoms with Crippen molar-refractivity contribution in [1.29, 1.82) is 0 Å². The SMILES string of the molecule is CC[C@@H]1NC(=O)C(=O)N(Cc2ccccc2)C1CO. The molecule has 2 atom stereocenters. The van der Waals surface area contributed by atoms with E-state index in [4.69, 9.17) is 0 Å². The quantitative estimate of drug-likeness (QED) is 0.766. The van der Waals surface area contributed by atoms with Crippen LogP contribution in [0.3, 0.4) is 0 Å². The van der Waals surface area contributed by atoms with Crippen LogP contribution in [0.15, 0.2) is 30.3 Å². The normalized spacial score (nSPS) is 23.4. The number of carbonyl (C=O) groups is 2. The van der Waals surface area contributed by atoms with Gasteiger partial charge >= 0.3 is 11.8 Å². The average Bonchev–Trinajstić information content (AvgIpc) is 2.44. The Kier molecular flexibility index (Phi) is 4.16. The van der Waals surface area contributed by atoms with Crippen LogP contribution in [0.2, 0.25) is 0 Å². The van der Waals surface area contributed by atoms with Crippen molar-refractivity contribution >= 4 is 11.8 Å². The Morgan fingerprint density at radius 3 is 2.53 bits per heavy atom. The van der Waals surface area contributed by atoms with Crippen molar-refractivity contribution in [3.05, 3.63) is 35.9 Å². The number of aliphatic hydroxyl groups is 1. The van der Waals surface area contributed by atoms with E-state index < -0.39 is 11.8 Å². The van der Waals surface area contributed by atoms with E-state index in [2.05, 4.69) is 5.32 Å². The van der Waals surface area contributed by atoms with E-state index in [-0.39, 0.29) is 18.7 Å². The summed E-state index contributed by atoms with van der Waals surface area (Å²) in [7, 11) is 0. The lowest BCUT2D eigenvalue weighted by Crippen LogP contribution is -2.64. The van der Waals surface area contributed by atoms with Crippen LogP contribution in [0.5, 0.6) is 0 Å². The van der Waals surface area contributed by atoms with Crippen molar-refractivity contribution < 1.29 is 14.7 Å². The Morgan fingerprint density at radius 2 is 1.95 bits per heavy atom.